The zero-order valence-corrected chi connectivity index (χ0v) is 10.2. The van der Waals surface area contributed by atoms with Crippen molar-refractivity contribution in [1.29, 1.82) is 0 Å². The van der Waals surface area contributed by atoms with E-state index in [0.29, 0.717) is 5.69 Å². The average Bonchev–Trinajstić information content (AvgIpc) is 2.80. The number of aryl methyl sites for hydroxylation is 1. The van der Waals surface area contributed by atoms with Crippen LogP contribution >= 0.6 is 0 Å². The van der Waals surface area contributed by atoms with E-state index in [1.165, 1.54) is 4.68 Å². The molecular weight excluding hydrogens is 242 g/mol. The Morgan fingerprint density at radius 1 is 1.16 bits per heavy atom. The predicted octanol–water partition coefficient (Wildman–Crippen LogP) is 2.33. The number of carboxylic acid groups (broad SMARTS) is 1. The van der Waals surface area contributed by atoms with Crippen LogP contribution in [0.1, 0.15) is 10.5 Å². The van der Waals surface area contributed by atoms with Crippen LogP contribution in [-0.2, 0) is 7.05 Å². The predicted molar refractivity (Wildman–Crippen MR) is 70.9 cm³/mol. The lowest BCUT2D eigenvalue weighted by molar-refractivity contribution is 0.0691. The fraction of sp³-hybridized carbons (Fsp3) is 0.0714. The van der Waals surface area contributed by atoms with E-state index < -0.39 is 5.97 Å². The zero-order valence-electron chi connectivity index (χ0n) is 10.2. The molecule has 0 saturated carbocycles. The Labute approximate surface area is 109 Å². The number of aromatic carboxylic acids is 1. The molecule has 2 aromatic carbocycles. The van der Waals surface area contributed by atoms with Crippen molar-refractivity contribution in [3.63, 3.8) is 0 Å². The topological polar surface area (TPSA) is 68.0 Å². The highest BCUT2D eigenvalue weighted by Crippen LogP contribution is 2.25. The lowest BCUT2D eigenvalue weighted by atomic mass is 10.0. The van der Waals surface area contributed by atoms with Crippen LogP contribution in [0.15, 0.2) is 42.5 Å². The van der Waals surface area contributed by atoms with Crippen molar-refractivity contribution < 1.29 is 9.90 Å². The molecule has 0 saturated heterocycles. The van der Waals surface area contributed by atoms with Gasteiger partial charge < -0.3 is 5.11 Å². The third-order valence-electron chi connectivity index (χ3n) is 3.05. The first-order chi connectivity index (χ1) is 9.16. The quantitative estimate of drug-likeness (QED) is 0.761. The van der Waals surface area contributed by atoms with Crippen LogP contribution in [0.2, 0.25) is 0 Å². The number of fused-ring (bicyclic) bond motifs is 1. The van der Waals surface area contributed by atoms with Gasteiger partial charge in [-0.3, -0.25) is 0 Å². The van der Waals surface area contributed by atoms with Gasteiger partial charge in [0.25, 0.3) is 0 Å². The lowest BCUT2D eigenvalue weighted by Crippen LogP contribution is -2.01. The van der Waals surface area contributed by atoms with Gasteiger partial charge in [-0.05, 0) is 16.8 Å². The third-order valence-corrected chi connectivity index (χ3v) is 3.05. The van der Waals surface area contributed by atoms with Crippen molar-refractivity contribution in [2.24, 2.45) is 7.05 Å². The van der Waals surface area contributed by atoms with Crippen molar-refractivity contribution in [2.45, 2.75) is 0 Å². The van der Waals surface area contributed by atoms with E-state index in [0.717, 1.165) is 16.3 Å². The molecule has 0 amide bonds. The van der Waals surface area contributed by atoms with Crippen LogP contribution in [0.25, 0.3) is 22.0 Å². The smallest absolute Gasteiger partial charge is 0.358 e. The highest BCUT2D eigenvalue weighted by Gasteiger charge is 2.18. The average molecular weight is 253 g/mol. The van der Waals surface area contributed by atoms with Crippen LogP contribution in [-0.4, -0.2) is 26.1 Å². The number of carbonyl (C=O) groups is 1. The summed E-state index contributed by atoms with van der Waals surface area (Å²) in [5.41, 5.74) is 1.28. The fourth-order valence-electron chi connectivity index (χ4n) is 2.16. The maximum Gasteiger partial charge on any atom is 0.358 e. The molecule has 0 aliphatic heterocycles. The number of hydrogen-bond donors (Lipinski definition) is 1. The number of nitrogens with zero attached hydrogens (tertiary/aromatic N) is 3. The number of aromatic nitrogens is 3. The maximum atomic E-state index is 11.2. The standard InChI is InChI=1S/C14H11N3O2/c1-17-13(12(14(18)19)15-16-17)11-7-6-9-4-2-3-5-10(9)8-11/h2-8H,1H3,(H,18,19). The van der Waals surface area contributed by atoms with E-state index in [-0.39, 0.29) is 5.69 Å². The first-order valence-corrected chi connectivity index (χ1v) is 5.79. The maximum absolute atomic E-state index is 11.2. The zero-order chi connectivity index (χ0) is 13.4. The number of benzene rings is 2. The number of hydrogen-bond acceptors (Lipinski definition) is 3. The molecule has 5 nitrogen and oxygen atoms in total. The molecule has 0 radical (unpaired) electrons. The van der Waals surface area contributed by atoms with Gasteiger partial charge in [-0.25, -0.2) is 9.48 Å². The Morgan fingerprint density at radius 2 is 1.89 bits per heavy atom. The molecular formula is C14H11N3O2. The van der Waals surface area contributed by atoms with Crippen LogP contribution in [0.4, 0.5) is 0 Å². The van der Waals surface area contributed by atoms with Gasteiger partial charge >= 0.3 is 5.97 Å². The second-order valence-electron chi connectivity index (χ2n) is 4.28. The van der Waals surface area contributed by atoms with Gasteiger partial charge in [0.15, 0.2) is 5.69 Å². The minimum atomic E-state index is -1.07. The largest absolute Gasteiger partial charge is 0.476 e. The summed E-state index contributed by atoms with van der Waals surface area (Å²) in [7, 11) is 1.68. The van der Waals surface area contributed by atoms with E-state index in [4.69, 9.17) is 5.11 Å². The van der Waals surface area contributed by atoms with Gasteiger partial charge in [-0.2, -0.15) is 0 Å². The molecule has 19 heavy (non-hydrogen) atoms. The molecule has 1 N–H and O–H groups in total. The molecule has 0 unspecified atom stereocenters. The van der Waals surface area contributed by atoms with Gasteiger partial charge in [0.2, 0.25) is 0 Å². The van der Waals surface area contributed by atoms with Gasteiger partial charge in [0.1, 0.15) is 5.69 Å². The second-order valence-corrected chi connectivity index (χ2v) is 4.28. The highest BCUT2D eigenvalue weighted by molar-refractivity contribution is 5.95. The van der Waals surface area contributed by atoms with E-state index in [9.17, 15) is 4.79 Å². The SMILES string of the molecule is Cn1nnc(C(=O)O)c1-c1ccc2ccccc2c1. The Kier molecular flexibility index (Phi) is 2.52. The highest BCUT2D eigenvalue weighted by atomic mass is 16.4. The Balaban J connectivity index is 2.24. The van der Waals surface area contributed by atoms with Gasteiger partial charge in [0, 0.05) is 12.6 Å². The van der Waals surface area contributed by atoms with Crippen LogP contribution in [0.5, 0.6) is 0 Å². The second kappa shape index (κ2) is 4.20. The Hall–Kier alpha value is -2.69. The van der Waals surface area contributed by atoms with E-state index >= 15 is 0 Å². The van der Waals surface area contributed by atoms with Crippen molar-refractivity contribution in [3.8, 4) is 11.3 Å². The van der Waals surface area contributed by atoms with Crippen molar-refractivity contribution in [2.75, 3.05) is 0 Å². The van der Waals surface area contributed by atoms with E-state index in [1.807, 2.05) is 42.5 Å². The van der Waals surface area contributed by atoms with Gasteiger partial charge in [-0.1, -0.05) is 41.6 Å². The molecule has 0 fully saturated rings. The van der Waals surface area contributed by atoms with Gasteiger partial charge in [0.05, 0.1) is 0 Å². The first kappa shape index (κ1) is 11.4. The number of carboxylic acids is 1. The molecule has 1 aromatic heterocycles. The normalized spacial score (nSPS) is 10.8. The summed E-state index contributed by atoms with van der Waals surface area (Å²) in [5.74, 6) is -1.07. The van der Waals surface area contributed by atoms with E-state index in [2.05, 4.69) is 10.3 Å². The summed E-state index contributed by atoms with van der Waals surface area (Å²) < 4.78 is 1.48. The summed E-state index contributed by atoms with van der Waals surface area (Å²) in [6.07, 6.45) is 0. The molecule has 0 spiro atoms. The Morgan fingerprint density at radius 3 is 2.63 bits per heavy atom. The molecule has 3 rings (SSSR count). The Bertz CT molecular complexity index is 777. The third kappa shape index (κ3) is 1.85. The van der Waals surface area contributed by atoms with Gasteiger partial charge in [-0.15, -0.1) is 5.10 Å². The minimum absolute atomic E-state index is 0.0298. The molecule has 0 atom stereocenters. The van der Waals surface area contributed by atoms with Crippen LogP contribution in [0.3, 0.4) is 0 Å². The summed E-state index contributed by atoms with van der Waals surface area (Å²) in [4.78, 5) is 11.2. The number of rotatable bonds is 2. The van der Waals surface area contributed by atoms with Crippen LogP contribution < -0.4 is 0 Å². The fourth-order valence-corrected chi connectivity index (χ4v) is 2.16. The van der Waals surface area contributed by atoms with Crippen molar-refractivity contribution >= 4 is 16.7 Å². The van der Waals surface area contributed by atoms with Crippen LogP contribution in [0, 0.1) is 0 Å². The van der Waals surface area contributed by atoms with E-state index in [1.54, 1.807) is 7.05 Å². The lowest BCUT2D eigenvalue weighted by Gasteiger charge is -2.04. The molecule has 5 heteroatoms. The first-order valence-electron chi connectivity index (χ1n) is 5.79. The summed E-state index contributed by atoms with van der Waals surface area (Å²) in [6.45, 7) is 0. The molecule has 3 aromatic rings. The molecule has 94 valence electrons. The molecule has 0 bridgehead atoms. The summed E-state index contributed by atoms with van der Waals surface area (Å²) in [6, 6.07) is 13.7. The summed E-state index contributed by atoms with van der Waals surface area (Å²) >= 11 is 0. The molecule has 1 heterocycles. The molecule has 0 aliphatic rings. The van der Waals surface area contributed by atoms with Crippen molar-refractivity contribution in [1.82, 2.24) is 15.0 Å². The summed E-state index contributed by atoms with van der Waals surface area (Å²) in [5, 5.41) is 18.8. The monoisotopic (exact) mass is 253 g/mol. The molecule has 0 aliphatic carbocycles. The van der Waals surface area contributed by atoms with Crippen molar-refractivity contribution in [3.05, 3.63) is 48.2 Å². The minimum Gasteiger partial charge on any atom is -0.476 e.